The third kappa shape index (κ3) is 9.67. The van der Waals surface area contributed by atoms with Crippen LogP contribution in [0.5, 0.6) is 0 Å². The second kappa shape index (κ2) is 14.9. The normalized spacial score (nSPS) is 25.1. The molecule has 5 atom stereocenters. The Balaban J connectivity index is 1.33. The van der Waals surface area contributed by atoms with Gasteiger partial charge in [0, 0.05) is 43.5 Å². The van der Waals surface area contributed by atoms with Gasteiger partial charge < -0.3 is 15.3 Å². The van der Waals surface area contributed by atoms with E-state index >= 15 is 0 Å². The van der Waals surface area contributed by atoms with Gasteiger partial charge in [-0.3, -0.25) is 9.79 Å². The molecule has 0 unspecified atom stereocenters. The van der Waals surface area contributed by atoms with E-state index in [9.17, 15) is 20.1 Å². The van der Waals surface area contributed by atoms with Crippen molar-refractivity contribution in [2.75, 3.05) is 0 Å². The lowest BCUT2D eigenvalue weighted by molar-refractivity contribution is -0.119. The van der Waals surface area contributed by atoms with Crippen LogP contribution in [0.4, 0.5) is 0 Å². The lowest BCUT2D eigenvalue weighted by Gasteiger charge is -2.19. The number of aliphatic hydroxyl groups excluding tert-OH is 3. The number of hydrogen-bond acceptors (Lipinski definition) is 5. The van der Waals surface area contributed by atoms with Crippen LogP contribution in [-0.2, 0) is 11.2 Å². The largest absolute Gasteiger partial charge is 0.393 e. The summed E-state index contributed by atoms with van der Waals surface area (Å²) in [4.78, 5) is 16.3. The first kappa shape index (κ1) is 27.3. The molecule has 1 heterocycles. The van der Waals surface area contributed by atoms with E-state index in [1.54, 1.807) is 6.08 Å². The van der Waals surface area contributed by atoms with Crippen molar-refractivity contribution in [3.05, 3.63) is 72.0 Å². The molecular formula is C30H41NO4. The predicted octanol–water partition coefficient (Wildman–Crippen LogP) is 5.11. The lowest BCUT2D eigenvalue weighted by atomic mass is 9.89. The van der Waals surface area contributed by atoms with Crippen LogP contribution < -0.4 is 0 Å². The van der Waals surface area contributed by atoms with E-state index in [4.69, 9.17) is 0 Å². The van der Waals surface area contributed by atoms with Gasteiger partial charge >= 0.3 is 0 Å². The van der Waals surface area contributed by atoms with Gasteiger partial charge in [-0.05, 0) is 56.4 Å². The molecule has 1 aliphatic heterocycles. The van der Waals surface area contributed by atoms with Crippen LogP contribution in [0.25, 0.3) is 0 Å². The average molecular weight is 480 g/mol. The summed E-state index contributed by atoms with van der Waals surface area (Å²) in [6.45, 7) is 0. The van der Waals surface area contributed by atoms with Gasteiger partial charge in [0.15, 0.2) is 0 Å². The first-order chi connectivity index (χ1) is 17.0. The number of carbonyl (C=O) groups is 1. The van der Waals surface area contributed by atoms with E-state index in [2.05, 4.69) is 35.4 Å². The highest BCUT2D eigenvalue weighted by molar-refractivity contribution is 5.78. The average Bonchev–Trinajstić information content (AvgIpc) is 3.46. The molecule has 5 nitrogen and oxygen atoms in total. The van der Waals surface area contributed by atoms with Crippen molar-refractivity contribution in [2.24, 2.45) is 16.8 Å². The highest BCUT2D eigenvalue weighted by atomic mass is 16.3. The summed E-state index contributed by atoms with van der Waals surface area (Å²) in [7, 11) is 0. The van der Waals surface area contributed by atoms with Gasteiger partial charge in [0.05, 0.1) is 18.3 Å². The molecule has 3 rings (SSSR count). The molecule has 1 aliphatic carbocycles. The number of benzene rings is 1. The Morgan fingerprint density at radius 1 is 1.06 bits per heavy atom. The smallest absolute Gasteiger partial charge is 0.132 e. The SMILES string of the molecule is O=C(CCC/C=C\C[C@@H]1[C@@H](/C=C/[C@@H](O)CCc2ccccc2)[C@H](O)C[C@@H]1O)CCCC1=CCC=N1. The van der Waals surface area contributed by atoms with Crippen molar-refractivity contribution < 1.29 is 20.1 Å². The number of hydrogen-bond donors (Lipinski definition) is 3. The first-order valence-corrected chi connectivity index (χ1v) is 13.2. The molecule has 0 bridgehead atoms. The summed E-state index contributed by atoms with van der Waals surface area (Å²) in [6, 6.07) is 10.1. The van der Waals surface area contributed by atoms with E-state index in [1.165, 1.54) is 5.56 Å². The minimum atomic E-state index is -0.593. The van der Waals surface area contributed by atoms with Crippen molar-refractivity contribution in [2.45, 2.75) is 88.9 Å². The zero-order valence-electron chi connectivity index (χ0n) is 20.7. The molecule has 190 valence electrons. The summed E-state index contributed by atoms with van der Waals surface area (Å²) < 4.78 is 0. The van der Waals surface area contributed by atoms with Crippen LogP contribution in [0.3, 0.4) is 0 Å². The Bertz CT molecular complexity index is 889. The summed E-state index contributed by atoms with van der Waals surface area (Å²) >= 11 is 0. The maximum atomic E-state index is 12.1. The Labute approximate surface area is 210 Å². The molecule has 1 aromatic carbocycles. The molecule has 3 N–H and O–H groups in total. The van der Waals surface area contributed by atoms with Gasteiger partial charge in [0.1, 0.15) is 5.78 Å². The number of carbonyl (C=O) groups excluding carboxylic acids is 1. The predicted molar refractivity (Wildman–Crippen MR) is 141 cm³/mol. The van der Waals surface area contributed by atoms with E-state index in [0.717, 1.165) is 44.2 Å². The number of aliphatic hydroxyl groups is 3. The topological polar surface area (TPSA) is 90.1 Å². The van der Waals surface area contributed by atoms with Crippen molar-refractivity contribution in [3.8, 4) is 0 Å². The molecule has 5 heteroatoms. The number of allylic oxidation sites excluding steroid dienone is 4. The molecular weight excluding hydrogens is 438 g/mol. The van der Waals surface area contributed by atoms with Gasteiger partial charge in [-0.25, -0.2) is 0 Å². The number of aryl methyl sites for hydroxylation is 1. The number of nitrogens with zero attached hydrogens (tertiary/aromatic N) is 1. The van der Waals surface area contributed by atoms with E-state index in [-0.39, 0.29) is 11.8 Å². The van der Waals surface area contributed by atoms with Crippen LogP contribution in [0, 0.1) is 11.8 Å². The highest BCUT2D eigenvalue weighted by Gasteiger charge is 2.39. The quantitative estimate of drug-likeness (QED) is 0.241. The van der Waals surface area contributed by atoms with Crippen LogP contribution in [0.15, 0.2) is 71.4 Å². The van der Waals surface area contributed by atoms with Crippen LogP contribution in [-0.4, -0.2) is 45.6 Å². The summed E-state index contributed by atoms with van der Waals surface area (Å²) in [5.74, 6) is 0.0845. The molecule has 0 spiro atoms. The Morgan fingerprint density at radius 3 is 2.63 bits per heavy atom. The highest BCUT2D eigenvalue weighted by Crippen LogP contribution is 2.36. The summed E-state index contributed by atoms with van der Waals surface area (Å²) in [5, 5.41) is 31.2. The minimum absolute atomic E-state index is 0.0620. The van der Waals surface area contributed by atoms with Crippen molar-refractivity contribution in [1.29, 1.82) is 0 Å². The Hall–Kier alpha value is -2.34. The fourth-order valence-electron chi connectivity index (χ4n) is 4.98. The minimum Gasteiger partial charge on any atom is -0.393 e. The number of Topliss-reactive ketones (excluding diaryl/α,β-unsaturated/α-hetero) is 1. The maximum absolute atomic E-state index is 12.1. The number of rotatable bonds is 15. The van der Waals surface area contributed by atoms with Gasteiger partial charge in [-0.15, -0.1) is 0 Å². The van der Waals surface area contributed by atoms with Gasteiger partial charge in [0.25, 0.3) is 0 Å². The molecule has 35 heavy (non-hydrogen) atoms. The zero-order valence-corrected chi connectivity index (χ0v) is 20.7. The van der Waals surface area contributed by atoms with Crippen molar-refractivity contribution >= 4 is 12.0 Å². The molecule has 2 aliphatic rings. The Kier molecular flexibility index (Phi) is 11.6. The van der Waals surface area contributed by atoms with Crippen LogP contribution >= 0.6 is 0 Å². The van der Waals surface area contributed by atoms with E-state index in [0.29, 0.717) is 37.9 Å². The number of unbranched alkanes of at least 4 members (excludes halogenated alkanes) is 1. The standard InChI is InChI=1S/C30H41NO4/c32-25(15-8-12-24-13-9-21-31-24)14-6-1-2-7-16-27-28(30(35)22-29(27)34)20-19-26(33)18-17-23-10-4-3-5-11-23/h2-5,7,10-11,13,19-21,26-30,33-35H,1,6,8-9,12,14-18,22H2/b7-2-,20-19+/t26-,27+,28+,29-,30+/m0/s1. The fourth-order valence-corrected chi connectivity index (χ4v) is 4.98. The summed E-state index contributed by atoms with van der Waals surface area (Å²) in [5.41, 5.74) is 2.30. The van der Waals surface area contributed by atoms with Crippen molar-refractivity contribution in [3.63, 3.8) is 0 Å². The third-order valence-corrected chi connectivity index (χ3v) is 7.05. The van der Waals surface area contributed by atoms with Crippen LogP contribution in [0.2, 0.25) is 0 Å². The first-order valence-electron chi connectivity index (χ1n) is 13.2. The Morgan fingerprint density at radius 2 is 1.86 bits per heavy atom. The monoisotopic (exact) mass is 479 g/mol. The van der Waals surface area contributed by atoms with Gasteiger partial charge in [-0.2, -0.15) is 0 Å². The fraction of sp³-hybridized carbons (Fsp3) is 0.533. The molecule has 0 radical (unpaired) electrons. The zero-order chi connectivity index (χ0) is 24.9. The molecule has 0 aromatic heterocycles. The third-order valence-electron chi connectivity index (χ3n) is 7.05. The summed E-state index contributed by atoms with van der Waals surface area (Å²) in [6.07, 6.45) is 18.1. The van der Waals surface area contributed by atoms with Gasteiger partial charge in [-0.1, -0.05) is 60.7 Å². The second-order valence-corrected chi connectivity index (χ2v) is 9.82. The van der Waals surface area contributed by atoms with Crippen LogP contribution in [0.1, 0.15) is 69.8 Å². The maximum Gasteiger partial charge on any atom is 0.132 e. The lowest BCUT2D eigenvalue weighted by Crippen LogP contribution is -2.20. The molecule has 0 saturated heterocycles. The van der Waals surface area contributed by atoms with E-state index in [1.807, 2.05) is 30.5 Å². The second-order valence-electron chi connectivity index (χ2n) is 9.82. The molecule has 0 amide bonds. The van der Waals surface area contributed by atoms with Crippen molar-refractivity contribution in [1.82, 2.24) is 0 Å². The number of ketones is 1. The van der Waals surface area contributed by atoms with Gasteiger partial charge in [0.2, 0.25) is 0 Å². The molecule has 1 aromatic rings. The number of aliphatic imine (C=N–C) groups is 1. The molecule has 1 saturated carbocycles. The molecule has 1 fully saturated rings. The van der Waals surface area contributed by atoms with E-state index < -0.39 is 18.3 Å².